The second kappa shape index (κ2) is 6.90. The van der Waals surface area contributed by atoms with Crippen molar-refractivity contribution in [1.29, 1.82) is 0 Å². The number of nitrogens with zero attached hydrogens (tertiary/aromatic N) is 5. The lowest BCUT2D eigenvalue weighted by atomic mass is 9.92. The van der Waals surface area contributed by atoms with Crippen LogP contribution in [0, 0.1) is 12.8 Å². The van der Waals surface area contributed by atoms with Crippen LogP contribution in [-0.4, -0.2) is 57.2 Å². The molecule has 4 rings (SSSR count). The minimum absolute atomic E-state index is 0.138. The molecule has 1 fully saturated rings. The Labute approximate surface area is 156 Å². The maximum Gasteiger partial charge on any atom is 0.322 e. The Morgan fingerprint density at radius 3 is 3.07 bits per heavy atom. The summed E-state index contributed by atoms with van der Waals surface area (Å²) in [5.41, 5.74) is 2.08. The van der Waals surface area contributed by atoms with Crippen LogP contribution in [0.25, 0.3) is 11.0 Å². The number of likely N-dealkylation sites (N-methyl/N-ethyl adjacent to an activating group) is 1. The highest BCUT2D eigenvalue weighted by atomic mass is 16.5. The van der Waals surface area contributed by atoms with E-state index in [1.54, 1.807) is 13.3 Å². The summed E-state index contributed by atoms with van der Waals surface area (Å²) in [7, 11) is 2.03. The van der Waals surface area contributed by atoms with E-state index in [0.717, 1.165) is 23.3 Å². The number of aromatic nitrogens is 4. The van der Waals surface area contributed by atoms with E-state index in [2.05, 4.69) is 37.2 Å². The molecule has 142 valence electrons. The van der Waals surface area contributed by atoms with Gasteiger partial charge in [0.2, 0.25) is 0 Å². The van der Waals surface area contributed by atoms with Crippen LogP contribution in [0.15, 0.2) is 29.4 Å². The number of H-pyrrole nitrogens is 1. The Hall–Kier alpha value is -3.10. The first-order valence-corrected chi connectivity index (χ1v) is 9.02. The molecule has 3 aromatic heterocycles. The Morgan fingerprint density at radius 1 is 1.44 bits per heavy atom. The van der Waals surface area contributed by atoms with Crippen LogP contribution in [0.2, 0.25) is 0 Å². The van der Waals surface area contributed by atoms with Gasteiger partial charge in [-0.2, -0.15) is 0 Å². The summed E-state index contributed by atoms with van der Waals surface area (Å²) >= 11 is 0. The SMILES string of the molecule is Cc1nocc1NC(=O)N1CCC(C)C(N(C)c2ncnc3[nH]ccc23)C1. The monoisotopic (exact) mass is 369 g/mol. The van der Waals surface area contributed by atoms with Crippen LogP contribution in [0.5, 0.6) is 0 Å². The second-order valence-electron chi connectivity index (χ2n) is 7.07. The first-order valence-electron chi connectivity index (χ1n) is 9.02. The summed E-state index contributed by atoms with van der Waals surface area (Å²) in [5, 5.41) is 7.66. The fourth-order valence-corrected chi connectivity index (χ4v) is 3.64. The van der Waals surface area contributed by atoms with E-state index in [0.29, 0.717) is 30.4 Å². The highest BCUT2D eigenvalue weighted by Crippen LogP contribution is 2.29. The predicted octanol–water partition coefficient (Wildman–Crippen LogP) is 2.63. The van der Waals surface area contributed by atoms with Crippen LogP contribution in [0.3, 0.4) is 0 Å². The number of carbonyl (C=O) groups excluding carboxylic acids is 1. The number of hydrogen-bond acceptors (Lipinski definition) is 6. The quantitative estimate of drug-likeness (QED) is 0.736. The number of carbonyl (C=O) groups is 1. The van der Waals surface area contributed by atoms with Crippen molar-refractivity contribution in [3.05, 3.63) is 30.5 Å². The summed E-state index contributed by atoms with van der Waals surface area (Å²) in [6.45, 7) is 5.34. The number of aromatic amines is 1. The molecule has 1 aliphatic heterocycles. The van der Waals surface area contributed by atoms with E-state index >= 15 is 0 Å². The molecule has 0 radical (unpaired) electrons. The van der Waals surface area contributed by atoms with Gasteiger partial charge in [-0.25, -0.2) is 14.8 Å². The molecule has 3 aromatic rings. The Morgan fingerprint density at radius 2 is 2.30 bits per heavy atom. The van der Waals surface area contributed by atoms with E-state index in [9.17, 15) is 4.79 Å². The van der Waals surface area contributed by atoms with E-state index in [1.807, 2.05) is 24.2 Å². The molecule has 9 nitrogen and oxygen atoms in total. The summed E-state index contributed by atoms with van der Waals surface area (Å²) in [6, 6.07) is 2.00. The maximum atomic E-state index is 12.7. The Balaban J connectivity index is 1.52. The molecule has 27 heavy (non-hydrogen) atoms. The van der Waals surface area contributed by atoms with Crippen molar-refractivity contribution in [2.75, 3.05) is 30.4 Å². The first kappa shape index (κ1) is 17.3. The molecule has 1 aliphatic rings. The fraction of sp³-hybridized carbons (Fsp3) is 0.444. The molecular weight excluding hydrogens is 346 g/mol. The van der Waals surface area contributed by atoms with E-state index in [-0.39, 0.29) is 12.1 Å². The third-order valence-corrected chi connectivity index (χ3v) is 5.36. The van der Waals surface area contributed by atoms with Gasteiger partial charge in [0, 0.05) is 26.3 Å². The molecule has 9 heteroatoms. The number of hydrogen-bond donors (Lipinski definition) is 2. The highest BCUT2D eigenvalue weighted by molar-refractivity contribution is 5.90. The largest absolute Gasteiger partial charge is 0.362 e. The average Bonchev–Trinajstić information content (AvgIpc) is 3.30. The van der Waals surface area contributed by atoms with Gasteiger partial charge in [0.1, 0.15) is 35.4 Å². The number of likely N-dealkylation sites (tertiary alicyclic amines) is 1. The standard InChI is InChI=1S/C18H23N7O2/c1-11-5-7-25(18(26)22-14-9-27-23-12(14)2)8-15(11)24(3)17-13-4-6-19-16(13)20-10-21-17/h4,6,9-11,15H,5,7-8H2,1-3H3,(H,22,26)(H,19,20,21). The second-order valence-corrected chi connectivity index (χ2v) is 7.07. The highest BCUT2D eigenvalue weighted by Gasteiger charge is 2.33. The van der Waals surface area contributed by atoms with Crippen molar-refractivity contribution >= 4 is 28.6 Å². The number of nitrogens with one attached hydrogen (secondary N) is 2. The molecule has 1 saturated heterocycles. The molecule has 2 unspecified atom stereocenters. The van der Waals surface area contributed by atoms with Crippen LogP contribution >= 0.6 is 0 Å². The molecular formula is C18H23N7O2. The van der Waals surface area contributed by atoms with Crippen molar-refractivity contribution in [2.24, 2.45) is 5.92 Å². The van der Waals surface area contributed by atoms with Gasteiger partial charge in [-0.15, -0.1) is 0 Å². The topological polar surface area (TPSA) is 103 Å². The smallest absolute Gasteiger partial charge is 0.322 e. The van der Waals surface area contributed by atoms with Crippen molar-refractivity contribution < 1.29 is 9.32 Å². The fourth-order valence-electron chi connectivity index (χ4n) is 3.64. The van der Waals surface area contributed by atoms with Gasteiger partial charge in [-0.1, -0.05) is 12.1 Å². The average molecular weight is 369 g/mol. The summed E-state index contributed by atoms with van der Waals surface area (Å²) < 4.78 is 4.89. The van der Waals surface area contributed by atoms with Gasteiger partial charge in [0.05, 0.1) is 11.4 Å². The zero-order chi connectivity index (χ0) is 19.0. The van der Waals surface area contributed by atoms with Crippen LogP contribution in [0.1, 0.15) is 19.0 Å². The summed E-state index contributed by atoms with van der Waals surface area (Å²) in [6.07, 6.45) is 5.80. The molecule has 0 aromatic carbocycles. The number of urea groups is 1. The van der Waals surface area contributed by atoms with Crippen molar-refractivity contribution in [3.63, 3.8) is 0 Å². The minimum Gasteiger partial charge on any atom is -0.362 e. The van der Waals surface area contributed by atoms with Crippen molar-refractivity contribution in [1.82, 2.24) is 25.0 Å². The Kier molecular flexibility index (Phi) is 4.43. The maximum absolute atomic E-state index is 12.7. The zero-order valence-electron chi connectivity index (χ0n) is 15.6. The number of anilines is 2. The van der Waals surface area contributed by atoms with Gasteiger partial charge < -0.3 is 24.6 Å². The lowest BCUT2D eigenvalue weighted by Crippen LogP contribution is -2.53. The van der Waals surface area contributed by atoms with Crippen molar-refractivity contribution in [3.8, 4) is 0 Å². The third-order valence-electron chi connectivity index (χ3n) is 5.36. The lowest BCUT2D eigenvalue weighted by Gasteiger charge is -2.42. The molecule has 2 atom stereocenters. The van der Waals surface area contributed by atoms with E-state index < -0.39 is 0 Å². The van der Waals surface area contributed by atoms with Gasteiger partial charge in [-0.05, 0) is 25.3 Å². The van der Waals surface area contributed by atoms with Crippen molar-refractivity contribution in [2.45, 2.75) is 26.3 Å². The lowest BCUT2D eigenvalue weighted by molar-refractivity contribution is 0.172. The normalized spacial score (nSPS) is 20.0. The number of rotatable bonds is 3. The van der Waals surface area contributed by atoms with Gasteiger partial charge in [0.25, 0.3) is 0 Å². The number of fused-ring (bicyclic) bond motifs is 1. The van der Waals surface area contributed by atoms with E-state index in [1.165, 1.54) is 6.26 Å². The molecule has 0 bridgehead atoms. The number of amides is 2. The van der Waals surface area contributed by atoms with Gasteiger partial charge >= 0.3 is 6.03 Å². The minimum atomic E-state index is -0.138. The van der Waals surface area contributed by atoms with Gasteiger partial charge in [0.15, 0.2) is 0 Å². The summed E-state index contributed by atoms with van der Waals surface area (Å²) in [5.74, 6) is 1.30. The molecule has 0 spiro atoms. The zero-order valence-corrected chi connectivity index (χ0v) is 15.6. The number of piperidine rings is 1. The van der Waals surface area contributed by atoms with Crippen LogP contribution in [-0.2, 0) is 0 Å². The third kappa shape index (κ3) is 3.20. The molecule has 4 heterocycles. The van der Waals surface area contributed by atoms with Crippen LogP contribution < -0.4 is 10.2 Å². The van der Waals surface area contributed by atoms with Gasteiger partial charge in [-0.3, -0.25) is 0 Å². The van der Waals surface area contributed by atoms with E-state index in [4.69, 9.17) is 4.52 Å². The molecule has 0 saturated carbocycles. The number of aryl methyl sites for hydroxylation is 1. The molecule has 2 amide bonds. The Bertz CT molecular complexity index is 950. The first-order chi connectivity index (χ1) is 13.0. The molecule has 0 aliphatic carbocycles. The molecule has 2 N–H and O–H groups in total. The summed E-state index contributed by atoms with van der Waals surface area (Å²) in [4.78, 5) is 28.6. The van der Waals surface area contributed by atoms with Crippen LogP contribution in [0.4, 0.5) is 16.3 Å². The predicted molar refractivity (Wildman–Crippen MR) is 102 cm³/mol.